The fraction of sp³-hybridized carbons (Fsp3) is 0.143. The van der Waals surface area contributed by atoms with Crippen LogP contribution in [0.1, 0.15) is 34.7 Å². The second-order valence-electron chi connectivity index (χ2n) is 8.72. The van der Waals surface area contributed by atoms with Crippen molar-refractivity contribution in [3.05, 3.63) is 116 Å². The van der Waals surface area contributed by atoms with E-state index in [1.165, 1.54) is 16.9 Å². The van der Waals surface area contributed by atoms with Crippen LogP contribution >= 0.6 is 49.9 Å². The lowest BCUT2D eigenvalue weighted by molar-refractivity contribution is 0.413. The first-order chi connectivity index (χ1) is 17.4. The average molecular weight is 671 g/mol. The number of phenolic OH excluding ortho intramolecular Hbond substituents is 1. The van der Waals surface area contributed by atoms with Gasteiger partial charge in [-0.25, -0.2) is 4.99 Å². The summed E-state index contributed by atoms with van der Waals surface area (Å²) in [6, 6.07) is 19.7. The lowest BCUT2D eigenvalue weighted by Gasteiger charge is -2.31. The molecule has 2 aliphatic rings. The molecule has 0 saturated heterocycles. The Bertz CT molecular complexity index is 1760. The molecule has 0 fully saturated rings. The molecule has 1 aliphatic carbocycles. The fourth-order valence-corrected chi connectivity index (χ4v) is 7.51. The van der Waals surface area contributed by atoms with Crippen LogP contribution in [-0.2, 0) is 6.42 Å². The van der Waals surface area contributed by atoms with Crippen molar-refractivity contribution in [2.24, 2.45) is 4.99 Å². The summed E-state index contributed by atoms with van der Waals surface area (Å²) in [6.07, 6.45) is 3.48. The number of fused-ring (bicyclic) bond motifs is 3. The molecule has 1 atom stereocenters. The number of methoxy groups -OCH3 is 1. The molecule has 0 amide bonds. The van der Waals surface area contributed by atoms with E-state index in [4.69, 9.17) is 9.73 Å². The van der Waals surface area contributed by atoms with Crippen molar-refractivity contribution < 1.29 is 9.84 Å². The number of allylic oxidation sites excluding steroid dienone is 1. The number of thiazole rings is 1. The number of halogens is 2. The van der Waals surface area contributed by atoms with Crippen molar-refractivity contribution in [3.8, 4) is 11.5 Å². The van der Waals surface area contributed by atoms with Crippen LogP contribution in [0.25, 0.3) is 11.8 Å². The molecule has 0 radical (unpaired) electrons. The third-order valence-corrected chi connectivity index (χ3v) is 8.89. The Labute approximate surface area is 233 Å². The molecular formula is C28H20BrIN2O3S. The number of hydrogen-bond acceptors (Lipinski definition) is 5. The predicted octanol–water partition coefficient (Wildman–Crippen LogP) is 5.40. The molecule has 0 unspecified atom stereocenters. The van der Waals surface area contributed by atoms with Gasteiger partial charge in [0.05, 0.1) is 27.0 Å². The molecule has 8 heteroatoms. The van der Waals surface area contributed by atoms with E-state index in [0.717, 1.165) is 45.5 Å². The van der Waals surface area contributed by atoms with Crippen LogP contribution in [0.2, 0.25) is 0 Å². The summed E-state index contributed by atoms with van der Waals surface area (Å²) in [5.74, 6) is 0.904. The van der Waals surface area contributed by atoms with E-state index in [-0.39, 0.29) is 17.4 Å². The van der Waals surface area contributed by atoms with Gasteiger partial charge < -0.3 is 9.84 Å². The Morgan fingerprint density at radius 3 is 2.83 bits per heavy atom. The molecular weight excluding hydrogens is 651 g/mol. The van der Waals surface area contributed by atoms with Crippen molar-refractivity contribution in [2.45, 2.75) is 18.9 Å². The number of nitrogens with zero attached hydrogens (tertiary/aromatic N) is 2. The maximum Gasteiger partial charge on any atom is 0.271 e. The topological polar surface area (TPSA) is 63.8 Å². The molecule has 1 aliphatic heterocycles. The van der Waals surface area contributed by atoms with Crippen LogP contribution in [0.3, 0.4) is 0 Å². The van der Waals surface area contributed by atoms with Crippen molar-refractivity contribution in [1.82, 2.24) is 4.57 Å². The summed E-state index contributed by atoms with van der Waals surface area (Å²) in [5.41, 5.74) is 5.96. The summed E-state index contributed by atoms with van der Waals surface area (Å²) in [7, 11) is 1.65. The van der Waals surface area contributed by atoms with Gasteiger partial charge in [-0.05, 0) is 82.5 Å². The molecule has 3 aromatic carbocycles. The molecule has 2 heterocycles. The molecule has 0 saturated carbocycles. The zero-order valence-electron chi connectivity index (χ0n) is 19.2. The highest BCUT2D eigenvalue weighted by Crippen LogP contribution is 2.41. The first-order valence-corrected chi connectivity index (χ1v) is 14.1. The fourth-order valence-electron chi connectivity index (χ4n) is 4.97. The predicted molar refractivity (Wildman–Crippen MR) is 154 cm³/mol. The van der Waals surface area contributed by atoms with Crippen LogP contribution < -0.4 is 19.6 Å². The molecule has 180 valence electrons. The standard InChI is InChI=1S/C28H20BrIN2O3S/c1-35-19-7-4-6-16(12-19)25-21-10-9-15-5-2-3-8-20(15)24(21)31-28-32(25)27(34)23(36-28)13-17-11-18(29)14-22(30)26(17)33/h2-8,11-14,25,33H,9-10H2,1H3/b23-13-/t25-/m1/s1. The number of aryl methyl sites for hydroxylation is 1. The number of aromatic hydroxyl groups is 1. The normalized spacial score (nSPS) is 16.8. The molecule has 5 nitrogen and oxygen atoms in total. The largest absolute Gasteiger partial charge is 0.506 e. The van der Waals surface area contributed by atoms with E-state index in [1.807, 2.05) is 42.5 Å². The quantitative estimate of drug-likeness (QED) is 0.297. The third-order valence-electron chi connectivity index (χ3n) is 6.63. The molecule has 0 spiro atoms. The van der Waals surface area contributed by atoms with E-state index in [1.54, 1.807) is 17.8 Å². The minimum absolute atomic E-state index is 0.119. The van der Waals surface area contributed by atoms with E-state index in [9.17, 15) is 9.90 Å². The van der Waals surface area contributed by atoms with Gasteiger partial charge >= 0.3 is 0 Å². The van der Waals surface area contributed by atoms with E-state index < -0.39 is 0 Å². The lowest BCUT2D eigenvalue weighted by Crippen LogP contribution is -2.38. The highest BCUT2D eigenvalue weighted by Gasteiger charge is 2.32. The minimum atomic E-state index is -0.280. The Morgan fingerprint density at radius 1 is 1.17 bits per heavy atom. The number of phenols is 1. The Hall–Kier alpha value is -2.69. The molecule has 1 N–H and O–H groups in total. The Kier molecular flexibility index (Phi) is 6.13. The third kappa shape index (κ3) is 3.95. The van der Waals surface area contributed by atoms with Gasteiger partial charge in [-0.1, -0.05) is 63.7 Å². The number of hydrogen-bond donors (Lipinski definition) is 1. The van der Waals surface area contributed by atoms with Gasteiger partial charge in [0.2, 0.25) is 0 Å². The zero-order chi connectivity index (χ0) is 25.0. The van der Waals surface area contributed by atoms with Crippen molar-refractivity contribution in [1.29, 1.82) is 0 Å². The summed E-state index contributed by atoms with van der Waals surface area (Å²) in [5, 5.41) is 10.6. The average Bonchev–Trinajstić information content (AvgIpc) is 3.20. The van der Waals surface area contributed by atoms with E-state index in [2.05, 4.69) is 56.7 Å². The van der Waals surface area contributed by atoms with Crippen LogP contribution in [0.5, 0.6) is 11.5 Å². The monoisotopic (exact) mass is 670 g/mol. The first-order valence-electron chi connectivity index (χ1n) is 11.4. The van der Waals surface area contributed by atoms with E-state index >= 15 is 0 Å². The van der Waals surface area contributed by atoms with Gasteiger partial charge in [-0.2, -0.15) is 0 Å². The van der Waals surface area contributed by atoms with Gasteiger partial charge in [0.25, 0.3) is 5.56 Å². The van der Waals surface area contributed by atoms with Gasteiger partial charge in [-0.15, -0.1) is 0 Å². The molecule has 36 heavy (non-hydrogen) atoms. The Morgan fingerprint density at radius 2 is 2.00 bits per heavy atom. The second kappa shape index (κ2) is 9.32. The second-order valence-corrected chi connectivity index (χ2v) is 11.8. The Balaban J connectivity index is 1.64. The molecule has 4 aromatic rings. The van der Waals surface area contributed by atoms with Gasteiger partial charge in [0, 0.05) is 15.6 Å². The summed E-state index contributed by atoms with van der Waals surface area (Å²) in [6.45, 7) is 0. The maximum atomic E-state index is 13.9. The van der Waals surface area contributed by atoms with Crippen LogP contribution in [-0.4, -0.2) is 16.8 Å². The zero-order valence-corrected chi connectivity index (χ0v) is 23.7. The number of ether oxygens (including phenoxy) is 1. The van der Waals surface area contributed by atoms with Crippen LogP contribution in [0.15, 0.2) is 80.5 Å². The highest BCUT2D eigenvalue weighted by molar-refractivity contribution is 14.1. The number of aromatic nitrogens is 1. The summed E-state index contributed by atoms with van der Waals surface area (Å²) < 4.78 is 9.39. The van der Waals surface area contributed by atoms with Crippen molar-refractivity contribution >= 4 is 61.6 Å². The molecule has 1 aromatic heterocycles. The summed E-state index contributed by atoms with van der Waals surface area (Å²) in [4.78, 5) is 19.6. The van der Waals surface area contributed by atoms with Gasteiger partial charge in [-0.3, -0.25) is 9.36 Å². The molecule has 0 bridgehead atoms. The lowest BCUT2D eigenvalue weighted by atomic mass is 9.83. The molecule has 6 rings (SSSR count). The van der Waals surface area contributed by atoms with Crippen LogP contribution in [0, 0.1) is 3.57 Å². The first kappa shape index (κ1) is 23.7. The van der Waals surface area contributed by atoms with Gasteiger partial charge in [0.15, 0.2) is 4.80 Å². The SMILES string of the molecule is COc1cccc([C@@H]2C3=C(N=c4s/c(=C\c5cc(Br)cc(I)c5O)c(=O)n42)c2ccccc2CC3)c1. The van der Waals surface area contributed by atoms with Crippen molar-refractivity contribution in [2.75, 3.05) is 7.11 Å². The summed E-state index contributed by atoms with van der Waals surface area (Å²) >= 11 is 6.93. The number of benzene rings is 3. The van der Waals surface area contributed by atoms with Crippen molar-refractivity contribution in [3.63, 3.8) is 0 Å². The van der Waals surface area contributed by atoms with E-state index in [0.29, 0.717) is 18.5 Å². The van der Waals surface area contributed by atoms with Gasteiger partial charge in [0.1, 0.15) is 11.5 Å². The van der Waals surface area contributed by atoms with Crippen LogP contribution in [0.4, 0.5) is 0 Å². The smallest absolute Gasteiger partial charge is 0.271 e. The minimum Gasteiger partial charge on any atom is -0.506 e. The highest BCUT2D eigenvalue weighted by atomic mass is 127. The maximum absolute atomic E-state index is 13.9. The number of rotatable bonds is 3.